The molecule has 6 heteroatoms. The quantitative estimate of drug-likeness (QED) is 0.340. The van der Waals surface area contributed by atoms with Gasteiger partial charge < -0.3 is 10.6 Å². The molecule has 0 amide bonds. The minimum absolute atomic E-state index is 0. The summed E-state index contributed by atoms with van der Waals surface area (Å²) in [7, 11) is 0. The number of guanidine groups is 1. The van der Waals surface area contributed by atoms with Gasteiger partial charge in [0.1, 0.15) is 0 Å². The highest BCUT2D eigenvalue weighted by Crippen LogP contribution is 2.36. The predicted molar refractivity (Wildman–Crippen MR) is 134 cm³/mol. The van der Waals surface area contributed by atoms with Gasteiger partial charge in [-0.1, -0.05) is 36.4 Å². The van der Waals surface area contributed by atoms with Crippen LogP contribution in [0.1, 0.15) is 49.4 Å². The average molecular weight is 519 g/mol. The lowest BCUT2D eigenvalue weighted by Crippen LogP contribution is -2.52. The van der Waals surface area contributed by atoms with E-state index in [1.54, 1.807) is 0 Å². The van der Waals surface area contributed by atoms with Gasteiger partial charge in [0.2, 0.25) is 0 Å². The van der Waals surface area contributed by atoms with Crippen LogP contribution in [-0.2, 0) is 13.1 Å². The molecule has 2 aromatic rings. The van der Waals surface area contributed by atoms with Crippen LogP contribution in [0.5, 0.6) is 0 Å². The van der Waals surface area contributed by atoms with Crippen molar-refractivity contribution in [2.75, 3.05) is 6.54 Å². The van der Waals surface area contributed by atoms with Crippen LogP contribution >= 0.6 is 24.0 Å². The fraction of sp³-hybridized carbons (Fsp3) is 0.500. The van der Waals surface area contributed by atoms with Crippen LogP contribution in [0, 0.1) is 6.92 Å². The van der Waals surface area contributed by atoms with Gasteiger partial charge in [0, 0.05) is 37.4 Å². The Kier molecular flexibility index (Phi) is 8.50. The van der Waals surface area contributed by atoms with Gasteiger partial charge in [0.15, 0.2) is 5.96 Å². The number of halogens is 1. The molecule has 2 N–H and O–H groups in total. The number of nitrogens with one attached hydrogen (secondary N) is 2. The van der Waals surface area contributed by atoms with E-state index >= 15 is 0 Å². The van der Waals surface area contributed by atoms with Gasteiger partial charge in [-0.2, -0.15) is 0 Å². The maximum atomic E-state index is 4.81. The molecule has 1 aromatic carbocycles. The number of hydrogen-bond donors (Lipinski definition) is 2. The second-order valence-electron chi connectivity index (χ2n) is 8.32. The summed E-state index contributed by atoms with van der Waals surface area (Å²) in [5.41, 5.74) is 3.67. The molecule has 30 heavy (non-hydrogen) atoms. The van der Waals surface area contributed by atoms with E-state index in [1.165, 1.54) is 36.8 Å². The summed E-state index contributed by atoms with van der Waals surface area (Å²) in [6, 6.07) is 16.8. The highest BCUT2D eigenvalue weighted by molar-refractivity contribution is 14.0. The molecule has 4 rings (SSSR count). The van der Waals surface area contributed by atoms with E-state index in [0.29, 0.717) is 24.7 Å². The van der Waals surface area contributed by atoms with Crippen LogP contribution in [0.2, 0.25) is 0 Å². The maximum Gasteiger partial charge on any atom is 0.191 e. The van der Waals surface area contributed by atoms with Crippen LogP contribution in [0.25, 0.3) is 0 Å². The van der Waals surface area contributed by atoms with Crippen molar-refractivity contribution in [1.29, 1.82) is 0 Å². The maximum absolute atomic E-state index is 4.81. The summed E-state index contributed by atoms with van der Waals surface area (Å²) in [5.74, 6) is 0.915. The largest absolute Gasteiger partial charge is 0.357 e. The van der Waals surface area contributed by atoms with E-state index in [9.17, 15) is 0 Å². The first-order chi connectivity index (χ1) is 14.2. The third-order valence-corrected chi connectivity index (χ3v) is 6.28. The normalized spacial score (nSPS) is 23.7. The highest BCUT2D eigenvalue weighted by Gasteiger charge is 2.40. The number of aliphatic imine (C=N–C) groups is 1. The predicted octanol–water partition coefficient (Wildman–Crippen LogP) is 4.26. The smallest absolute Gasteiger partial charge is 0.191 e. The van der Waals surface area contributed by atoms with E-state index in [0.717, 1.165) is 24.7 Å². The SMILES string of the molecule is CCNC(=NCc1ncccc1C)NC1CC2CCC(C1)N2Cc1ccccc1.I. The van der Waals surface area contributed by atoms with Crippen molar-refractivity contribution in [3.05, 3.63) is 65.5 Å². The lowest BCUT2D eigenvalue weighted by Gasteiger charge is -2.39. The van der Waals surface area contributed by atoms with Gasteiger partial charge in [0.05, 0.1) is 12.2 Å². The summed E-state index contributed by atoms with van der Waals surface area (Å²) >= 11 is 0. The molecule has 0 spiro atoms. The number of rotatable bonds is 6. The second-order valence-corrected chi connectivity index (χ2v) is 8.32. The second kappa shape index (κ2) is 11.1. The monoisotopic (exact) mass is 519 g/mol. The summed E-state index contributed by atoms with van der Waals surface area (Å²) < 4.78 is 0. The molecule has 3 heterocycles. The van der Waals surface area contributed by atoms with Crippen LogP contribution in [0.3, 0.4) is 0 Å². The lowest BCUT2D eigenvalue weighted by atomic mass is 9.96. The first kappa shape index (κ1) is 23.0. The number of aryl methyl sites for hydroxylation is 1. The van der Waals surface area contributed by atoms with Crippen molar-refractivity contribution in [3.8, 4) is 0 Å². The van der Waals surface area contributed by atoms with Gasteiger partial charge in [-0.05, 0) is 56.7 Å². The number of aromatic nitrogens is 1. The molecule has 2 unspecified atom stereocenters. The van der Waals surface area contributed by atoms with E-state index in [2.05, 4.69) is 70.8 Å². The molecule has 2 aliphatic heterocycles. The molecule has 5 nitrogen and oxygen atoms in total. The van der Waals surface area contributed by atoms with Crippen molar-refractivity contribution < 1.29 is 0 Å². The fourth-order valence-electron chi connectivity index (χ4n) is 4.80. The molecule has 2 saturated heterocycles. The number of benzene rings is 1. The third kappa shape index (κ3) is 5.72. The Morgan fingerprint density at radius 2 is 1.83 bits per heavy atom. The number of pyridine rings is 1. The molecule has 1 aromatic heterocycles. The number of nitrogens with zero attached hydrogens (tertiary/aromatic N) is 3. The number of fused-ring (bicyclic) bond motifs is 2. The zero-order chi connectivity index (χ0) is 20.1. The molecule has 0 radical (unpaired) electrons. The molecule has 2 aliphatic rings. The molecule has 2 atom stereocenters. The molecule has 0 saturated carbocycles. The molecule has 162 valence electrons. The van der Waals surface area contributed by atoms with E-state index in [-0.39, 0.29) is 24.0 Å². The minimum Gasteiger partial charge on any atom is -0.357 e. The Morgan fingerprint density at radius 1 is 1.10 bits per heavy atom. The first-order valence-corrected chi connectivity index (χ1v) is 11.0. The van der Waals surface area contributed by atoms with Crippen LogP contribution in [0.15, 0.2) is 53.7 Å². The first-order valence-electron chi connectivity index (χ1n) is 11.0. The zero-order valence-electron chi connectivity index (χ0n) is 18.1. The fourth-order valence-corrected chi connectivity index (χ4v) is 4.80. The number of piperidine rings is 1. The van der Waals surface area contributed by atoms with Crippen LogP contribution in [0.4, 0.5) is 0 Å². The Balaban J connectivity index is 0.00000256. The Bertz CT molecular complexity index is 811. The van der Waals surface area contributed by atoms with Crippen LogP contribution < -0.4 is 10.6 Å². The molecular formula is C24H34IN5. The average Bonchev–Trinajstić information content (AvgIpc) is 2.96. The van der Waals surface area contributed by atoms with Crippen molar-refractivity contribution in [1.82, 2.24) is 20.5 Å². The van der Waals surface area contributed by atoms with E-state index < -0.39 is 0 Å². The minimum atomic E-state index is 0. The summed E-state index contributed by atoms with van der Waals surface area (Å²) in [5, 5.41) is 7.13. The summed E-state index contributed by atoms with van der Waals surface area (Å²) in [4.78, 5) is 12.0. The Hall–Kier alpha value is -1.67. The van der Waals surface area contributed by atoms with Gasteiger partial charge in [-0.3, -0.25) is 9.88 Å². The zero-order valence-corrected chi connectivity index (χ0v) is 20.4. The number of hydrogen-bond acceptors (Lipinski definition) is 3. The van der Waals surface area contributed by atoms with Crippen molar-refractivity contribution >= 4 is 29.9 Å². The van der Waals surface area contributed by atoms with E-state index in [4.69, 9.17) is 4.99 Å². The topological polar surface area (TPSA) is 52.6 Å². The molecule has 0 aliphatic carbocycles. The van der Waals surface area contributed by atoms with E-state index in [1.807, 2.05) is 12.3 Å². The van der Waals surface area contributed by atoms with Crippen LogP contribution in [-0.4, -0.2) is 40.5 Å². The highest BCUT2D eigenvalue weighted by atomic mass is 127. The third-order valence-electron chi connectivity index (χ3n) is 6.28. The Morgan fingerprint density at radius 3 is 2.50 bits per heavy atom. The lowest BCUT2D eigenvalue weighted by molar-refractivity contribution is 0.114. The van der Waals surface area contributed by atoms with Gasteiger partial charge in [0.25, 0.3) is 0 Å². The van der Waals surface area contributed by atoms with Gasteiger partial charge >= 0.3 is 0 Å². The Labute approximate surface area is 197 Å². The standard InChI is InChI=1S/C24H33N5.HI/c1-3-25-24(27-16-23-18(2)8-7-13-26-23)28-20-14-21-11-12-22(15-20)29(21)17-19-9-5-4-6-10-19;/h4-10,13,20-22H,3,11-12,14-17H2,1-2H3,(H2,25,27,28);1H. The molecular weight excluding hydrogens is 485 g/mol. The van der Waals surface area contributed by atoms with Gasteiger partial charge in [-0.25, -0.2) is 4.99 Å². The summed E-state index contributed by atoms with van der Waals surface area (Å²) in [6.07, 6.45) is 6.86. The van der Waals surface area contributed by atoms with Crippen molar-refractivity contribution in [2.45, 2.75) is 70.7 Å². The van der Waals surface area contributed by atoms with Crippen molar-refractivity contribution in [3.63, 3.8) is 0 Å². The summed E-state index contributed by atoms with van der Waals surface area (Å²) in [6.45, 7) is 6.78. The molecule has 2 fully saturated rings. The van der Waals surface area contributed by atoms with Crippen molar-refractivity contribution in [2.24, 2.45) is 4.99 Å². The van der Waals surface area contributed by atoms with Gasteiger partial charge in [-0.15, -0.1) is 24.0 Å². The molecule has 2 bridgehead atoms.